The highest BCUT2D eigenvalue weighted by atomic mass is 16.5. The Balaban J connectivity index is 2.94. The summed E-state index contributed by atoms with van der Waals surface area (Å²) < 4.78 is 4.69. The van der Waals surface area contributed by atoms with Gasteiger partial charge in [-0.2, -0.15) is 0 Å². The zero-order chi connectivity index (χ0) is 14.4. The summed E-state index contributed by atoms with van der Waals surface area (Å²) in [4.78, 5) is 23.2. The van der Waals surface area contributed by atoms with Gasteiger partial charge >= 0.3 is 5.97 Å². The Morgan fingerprint density at radius 1 is 1.47 bits per heavy atom. The van der Waals surface area contributed by atoms with E-state index in [4.69, 9.17) is 4.74 Å². The molecular formula is C14H19NO4. The second kappa shape index (κ2) is 6.78. The summed E-state index contributed by atoms with van der Waals surface area (Å²) >= 11 is 0. The van der Waals surface area contributed by atoms with Gasteiger partial charge in [0.2, 0.25) is 0 Å². The number of carbonyl (C=O) groups is 2. The van der Waals surface area contributed by atoms with Gasteiger partial charge in [-0.15, -0.1) is 0 Å². The van der Waals surface area contributed by atoms with Crippen molar-refractivity contribution in [2.75, 3.05) is 11.9 Å². The fraction of sp³-hybridized carbons (Fsp3) is 0.429. The van der Waals surface area contributed by atoms with Gasteiger partial charge in [0, 0.05) is 12.7 Å². The highest BCUT2D eigenvalue weighted by molar-refractivity contribution is 5.78. The Hall–Kier alpha value is -2.04. The van der Waals surface area contributed by atoms with Crippen molar-refractivity contribution in [3.05, 3.63) is 29.8 Å². The van der Waals surface area contributed by atoms with Crippen molar-refractivity contribution in [3.8, 4) is 0 Å². The first-order valence-corrected chi connectivity index (χ1v) is 6.07. The average molecular weight is 265 g/mol. The average Bonchev–Trinajstić information content (AvgIpc) is 2.35. The Labute approximate surface area is 112 Å². The summed E-state index contributed by atoms with van der Waals surface area (Å²) in [5.74, 6) is -0.871. The van der Waals surface area contributed by atoms with E-state index in [1.165, 1.54) is 0 Å². The Kier molecular flexibility index (Phi) is 5.36. The van der Waals surface area contributed by atoms with Crippen LogP contribution in [0.4, 0.5) is 5.69 Å². The molecule has 1 rings (SSSR count). The van der Waals surface area contributed by atoms with E-state index in [1.54, 1.807) is 11.9 Å². The predicted molar refractivity (Wildman–Crippen MR) is 72.0 cm³/mol. The first-order chi connectivity index (χ1) is 8.97. The molecule has 0 radical (unpaired) electrons. The van der Waals surface area contributed by atoms with Crippen LogP contribution in [-0.4, -0.2) is 30.6 Å². The minimum Gasteiger partial charge on any atom is -0.480 e. The number of carboxylic acid groups (broad SMARTS) is 1. The molecule has 5 heteroatoms. The smallest absolute Gasteiger partial charge is 0.326 e. The summed E-state index contributed by atoms with van der Waals surface area (Å²) in [7, 11) is 1.75. The van der Waals surface area contributed by atoms with E-state index in [9.17, 15) is 14.7 Å². The van der Waals surface area contributed by atoms with Crippen LogP contribution in [0.3, 0.4) is 0 Å². The van der Waals surface area contributed by atoms with E-state index in [0.29, 0.717) is 6.47 Å². The van der Waals surface area contributed by atoms with E-state index < -0.39 is 12.0 Å². The zero-order valence-corrected chi connectivity index (χ0v) is 11.4. The third kappa shape index (κ3) is 3.98. The predicted octanol–water partition coefficient (Wildman–Crippen LogP) is 1.91. The lowest BCUT2D eigenvalue weighted by atomic mass is 10.0. The normalized spacial score (nSPS) is 12.0. The number of nitrogens with zero attached hydrogens (tertiary/aromatic N) is 1. The van der Waals surface area contributed by atoms with E-state index >= 15 is 0 Å². The maximum Gasteiger partial charge on any atom is 0.326 e. The molecule has 0 heterocycles. The van der Waals surface area contributed by atoms with Crippen molar-refractivity contribution in [1.29, 1.82) is 0 Å². The van der Waals surface area contributed by atoms with Crippen LogP contribution in [0, 0.1) is 5.92 Å². The zero-order valence-electron chi connectivity index (χ0n) is 11.4. The van der Waals surface area contributed by atoms with Crippen LogP contribution in [0.15, 0.2) is 24.3 Å². The number of ether oxygens (including phenoxy) is 1. The topological polar surface area (TPSA) is 66.8 Å². The van der Waals surface area contributed by atoms with Gasteiger partial charge in [-0.3, -0.25) is 4.79 Å². The highest BCUT2D eigenvalue weighted by Gasteiger charge is 2.26. The molecule has 19 heavy (non-hydrogen) atoms. The molecule has 0 aliphatic heterocycles. The van der Waals surface area contributed by atoms with Gasteiger partial charge in [-0.25, -0.2) is 4.79 Å². The molecular weight excluding hydrogens is 246 g/mol. The molecule has 0 aliphatic rings. The van der Waals surface area contributed by atoms with Gasteiger partial charge in [0.15, 0.2) is 0 Å². The number of hydrogen-bond donors (Lipinski definition) is 1. The molecule has 1 atom stereocenters. The van der Waals surface area contributed by atoms with Gasteiger partial charge in [0.05, 0.1) is 0 Å². The van der Waals surface area contributed by atoms with Gasteiger partial charge in [0.1, 0.15) is 12.6 Å². The van der Waals surface area contributed by atoms with E-state index in [-0.39, 0.29) is 12.5 Å². The SMILES string of the molecule is CC(C)C(C(=O)O)N(C)c1cccc(COC=O)c1. The minimum absolute atomic E-state index is 0.0163. The second-order valence-corrected chi connectivity index (χ2v) is 4.72. The van der Waals surface area contributed by atoms with Gasteiger partial charge in [-0.1, -0.05) is 26.0 Å². The molecule has 0 amide bonds. The fourth-order valence-electron chi connectivity index (χ4n) is 2.05. The van der Waals surface area contributed by atoms with Crippen LogP contribution < -0.4 is 4.90 Å². The molecule has 0 aliphatic carbocycles. The number of rotatable bonds is 7. The van der Waals surface area contributed by atoms with Crippen LogP contribution in [0.25, 0.3) is 0 Å². The number of likely N-dealkylation sites (N-methyl/N-ethyl adjacent to an activating group) is 1. The van der Waals surface area contributed by atoms with Crippen molar-refractivity contribution in [1.82, 2.24) is 0 Å². The van der Waals surface area contributed by atoms with Crippen LogP contribution >= 0.6 is 0 Å². The molecule has 0 fully saturated rings. The lowest BCUT2D eigenvalue weighted by Crippen LogP contribution is -2.42. The number of hydrogen-bond acceptors (Lipinski definition) is 4. The van der Waals surface area contributed by atoms with Crippen LogP contribution in [0.1, 0.15) is 19.4 Å². The van der Waals surface area contributed by atoms with Crippen molar-refractivity contribution in [3.63, 3.8) is 0 Å². The molecule has 1 aromatic rings. The molecule has 0 saturated heterocycles. The number of carboxylic acids is 1. The van der Waals surface area contributed by atoms with E-state index in [0.717, 1.165) is 11.3 Å². The van der Waals surface area contributed by atoms with Crippen LogP contribution in [0.5, 0.6) is 0 Å². The molecule has 5 nitrogen and oxygen atoms in total. The third-order valence-corrected chi connectivity index (χ3v) is 2.94. The third-order valence-electron chi connectivity index (χ3n) is 2.94. The van der Waals surface area contributed by atoms with Crippen molar-refractivity contribution < 1.29 is 19.4 Å². The largest absolute Gasteiger partial charge is 0.480 e. The lowest BCUT2D eigenvalue weighted by molar-refractivity contribution is -0.139. The quantitative estimate of drug-likeness (QED) is 0.763. The number of carbonyl (C=O) groups excluding carboxylic acids is 1. The van der Waals surface area contributed by atoms with E-state index in [2.05, 4.69) is 0 Å². The maximum absolute atomic E-state index is 11.3. The summed E-state index contributed by atoms with van der Waals surface area (Å²) in [5.41, 5.74) is 1.61. The number of anilines is 1. The summed E-state index contributed by atoms with van der Waals surface area (Å²) in [5, 5.41) is 9.27. The summed E-state index contributed by atoms with van der Waals surface area (Å²) in [6, 6.07) is 6.70. The van der Waals surface area contributed by atoms with Crippen molar-refractivity contribution in [2.24, 2.45) is 5.92 Å². The molecule has 0 bridgehead atoms. The number of benzene rings is 1. The maximum atomic E-state index is 11.3. The molecule has 104 valence electrons. The van der Waals surface area contributed by atoms with Gasteiger partial charge in [-0.05, 0) is 23.6 Å². The summed E-state index contributed by atoms with van der Waals surface area (Å²) in [6.45, 7) is 4.32. The van der Waals surface area contributed by atoms with Crippen molar-refractivity contribution >= 4 is 18.1 Å². The molecule has 1 N–H and O–H groups in total. The molecule has 1 aromatic carbocycles. The van der Waals surface area contributed by atoms with Crippen LogP contribution in [-0.2, 0) is 20.9 Å². The van der Waals surface area contributed by atoms with Gasteiger partial charge < -0.3 is 14.7 Å². The monoisotopic (exact) mass is 265 g/mol. The highest BCUT2D eigenvalue weighted by Crippen LogP contribution is 2.21. The molecule has 0 spiro atoms. The van der Waals surface area contributed by atoms with E-state index in [1.807, 2.05) is 38.1 Å². The molecule has 0 aromatic heterocycles. The second-order valence-electron chi connectivity index (χ2n) is 4.72. The molecule has 1 unspecified atom stereocenters. The Morgan fingerprint density at radius 3 is 2.68 bits per heavy atom. The van der Waals surface area contributed by atoms with Crippen LogP contribution in [0.2, 0.25) is 0 Å². The Morgan fingerprint density at radius 2 is 2.16 bits per heavy atom. The van der Waals surface area contributed by atoms with Gasteiger partial charge in [0.25, 0.3) is 6.47 Å². The number of aliphatic carboxylic acids is 1. The fourth-order valence-corrected chi connectivity index (χ4v) is 2.05. The van der Waals surface area contributed by atoms with Crippen molar-refractivity contribution in [2.45, 2.75) is 26.5 Å². The molecule has 0 saturated carbocycles. The first kappa shape index (κ1) is 15.0. The minimum atomic E-state index is -0.855. The lowest BCUT2D eigenvalue weighted by Gasteiger charge is -2.29. The standard InChI is InChI=1S/C14H19NO4/c1-10(2)13(14(17)18)15(3)12-6-4-5-11(7-12)8-19-9-16/h4-7,9-10,13H,8H2,1-3H3,(H,17,18). The first-order valence-electron chi connectivity index (χ1n) is 6.07. The summed E-state index contributed by atoms with van der Waals surface area (Å²) in [6.07, 6.45) is 0. The Bertz CT molecular complexity index is 445.